The van der Waals surface area contributed by atoms with Crippen molar-refractivity contribution in [1.29, 1.82) is 0 Å². The molecule has 0 saturated heterocycles. The Morgan fingerprint density at radius 3 is 0.542 bits per heavy atom. The van der Waals surface area contributed by atoms with Crippen molar-refractivity contribution in [3.05, 3.63) is 87.8 Å². The van der Waals surface area contributed by atoms with E-state index in [0.29, 0.717) is 0 Å². The molecule has 272 valence electrons. The number of hydrogen-bond donors (Lipinski definition) is 0. The quantitative estimate of drug-likeness (QED) is 0.144. The minimum Gasteiger partial charge on any atom is -0.0734 e. The predicted molar refractivity (Wildman–Crippen MR) is 200 cm³/mol. The van der Waals surface area contributed by atoms with E-state index >= 15 is 0 Å². The zero-order chi connectivity index (χ0) is 37.9. The van der Waals surface area contributed by atoms with Gasteiger partial charge in [0, 0.05) is 34.1 Å². The topological polar surface area (TPSA) is 79.6 Å². The second-order valence-corrected chi connectivity index (χ2v) is 38.9. The van der Waals surface area contributed by atoms with Crippen LogP contribution >= 0.6 is 27.8 Å². The molecule has 2 aromatic rings. The van der Waals surface area contributed by atoms with Crippen LogP contribution in [0.15, 0.2) is 0 Å². The summed E-state index contributed by atoms with van der Waals surface area (Å²) in [5.74, 6) is 8.97. The Balaban J connectivity index is -0.000000186. The molecule has 2 heterocycles. The van der Waals surface area contributed by atoms with Crippen LogP contribution in [0.25, 0.3) is 0 Å². The summed E-state index contributed by atoms with van der Waals surface area (Å²) >= 11 is 0. The van der Waals surface area contributed by atoms with Gasteiger partial charge in [0.2, 0.25) is 0 Å². The smallest absolute Gasteiger partial charge is 0 e. The maximum absolute atomic E-state index is 7.50. The Morgan fingerprint density at radius 1 is 0.354 bits per heavy atom. The molecule has 2 fully saturated rings. The third-order valence-electron chi connectivity index (χ3n) is 7.24. The van der Waals surface area contributed by atoms with E-state index in [1.807, 2.05) is 0 Å². The summed E-state index contributed by atoms with van der Waals surface area (Å²) in [7, 11) is 3.09. The van der Waals surface area contributed by atoms with Gasteiger partial charge in [0.25, 0.3) is 0 Å². The van der Waals surface area contributed by atoms with Gasteiger partial charge in [0.05, 0.1) is 0 Å². The molecule has 2 aliphatic carbocycles. The van der Waals surface area contributed by atoms with Gasteiger partial charge in [-0.3, -0.25) is 0 Å². The molecular formula is C38H60Fe2O4P4. The second-order valence-electron chi connectivity index (χ2n) is 17.5. The van der Waals surface area contributed by atoms with Crippen molar-refractivity contribution in [1.82, 2.24) is 0 Å². The molecule has 48 heavy (non-hydrogen) atoms. The van der Waals surface area contributed by atoms with E-state index in [-0.39, 0.29) is 66.6 Å². The van der Waals surface area contributed by atoms with E-state index in [0.717, 1.165) is 12.7 Å². The van der Waals surface area contributed by atoms with Crippen molar-refractivity contribution in [3.63, 3.8) is 0 Å². The third-order valence-corrected chi connectivity index (χ3v) is 36.4. The van der Waals surface area contributed by atoms with Crippen LogP contribution in [0, 0.1) is 120 Å². The molecule has 0 spiro atoms. The van der Waals surface area contributed by atoms with Crippen LogP contribution < -0.4 is 0 Å². The molecule has 10 radical (unpaired) electrons. The summed E-state index contributed by atoms with van der Waals surface area (Å²) in [6.45, 7) is 59.5. The normalized spacial score (nSPS) is 18.2. The minimum atomic E-state index is 0. The van der Waals surface area contributed by atoms with Gasteiger partial charge in [-0.2, -0.15) is 0 Å². The summed E-state index contributed by atoms with van der Waals surface area (Å²) in [6.07, 6.45) is 11.5. The second kappa shape index (κ2) is 23.8. The standard InChI is InChI=1S/2C17H29.4CO.2Fe.H2P4/c2*1-15(2,3)12-10-13(16(4,5)6)14(11-12)17(7,8)9;4*1-2;;;1-3-2-4(1)3/h2*10-11H,1-9H3;;;;;;;1-2H. The van der Waals surface area contributed by atoms with Gasteiger partial charge >= 0.3 is 45.2 Å². The van der Waals surface area contributed by atoms with Crippen LogP contribution in [0.1, 0.15) is 125 Å². The first kappa shape index (κ1) is 58.5. The fourth-order valence-corrected chi connectivity index (χ4v) is 30.1. The minimum absolute atomic E-state index is 0. The van der Waals surface area contributed by atoms with Crippen molar-refractivity contribution in [2.24, 2.45) is 32.5 Å². The number of rotatable bonds is 0. The van der Waals surface area contributed by atoms with E-state index in [2.05, 4.69) is 177 Å². The maximum Gasteiger partial charge on any atom is 0 e. The van der Waals surface area contributed by atoms with E-state index < -0.39 is 0 Å². The van der Waals surface area contributed by atoms with E-state index in [9.17, 15) is 0 Å². The van der Waals surface area contributed by atoms with Gasteiger partial charge in [0.15, 0.2) is 0 Å². The first-order valence-corrected chi connectivity index (χ1v) is 24.0. The SMILES string of the molecule is CC(C)(C)[C]1[CH][C](C(C)(C)C)[C](C(C)(C)C)[CH]1.CC(C)(C)[C]1[CH][C](C(C)(C)C)[C](C(C)(C)C)[CH]1.[C-]#[O+].[C-]#[O+].[C-]#[O+].[C-]#[O+].[Fe].[Fe].[pH]1p2[pH]p12. The Hall–Kier alpha value is 1.20. The third kappa shape index (κ3) is 21.0. The molecular weight excluding hydrogens is 756 g/mol. The zero-order valence-corrected chi connectivity index (χ0v) is 38.5. The van der Waals surface area contributed by atoms with Gasteiger partial charge in [-0.25, -0.2) is 0 Å². The molecule has 4 nitrogen and oxygen atoms in total. The molecule has 0 N–H and O–H groups in total. The molecule has 2 saturated carbocycles. The van der Waals surface area contributed by atoms with Gasteiger partial charge in [0.1, 0.15) is 0 Å². The van der Waals surface area contributed by atoms with Crippen LogP contribution in [0.4, 0.5) is 0 Å². The molecule has 4 rings (SSSR count). The first-order valence-electron chi connectivity index (χ1n) is 15.2. The van der Waals surface area contributed by atoms with Crippen LogP contribution in [0.2, 0.25) is 0 Å². The van der Waals surface area contributed by atoms with Crippen LogP contribution in [-0.4, -0.2) is 0 Å². The summed E-state index contributed by atoms with van der Waals surface area (Å²) in [4.78, 5) is 0. The van der Waals surface area contributed by atoms with E-state index in [1.165, 1.54) is 35.5 Å². The molecule has 0 aromatic carbocycles. The maximum atomic E-state index is 7.50. The Bertz CT molecular complexity index is 967. The van der Waals surface area contributed by atoms with Crippen molar-refractivity contribution in [3.8, 4) is 0 Å². The van der Waals surface area contributed by atoms with Crippen LogP contribution in [0.5, 0.6) is 0 Å². The van der Waals surface area contributed by atoms with E-state index in [4.69, 9.17) is 18.6 Å². The molecule has 2 aliphatic rings. The van der Waals surface area contributed by atoms with Gasteiger partial charge < -0.3 is 0 Å². The molecule has 10 heteroatoms. The van der Waals surface area contributed by atoms with E-state index in [1.54, 1.807) is 15.1 Å². The molecule has 0 amide bonds. The van der Waals surface area contributed by atoms with Crippen molar-refractivity contribution >= 4 is 27.8 Å². The Labute approximate surface area is 323 Å². The predicted octanol–water partition coefficient (Wildman–Crippen LogP) is 13.3. The summed E-state index contributed by atoms with van der Waals surface area (Å²) in [6, 6.07) is 0. The fourth-order valence-electron chi connectivity index (χ4n) is 4.50. The zero-order valence-electron chi connectivity index (χ0n) is 32.5. The van der Waals surface area contributed by atoms with Crippen LogP contribution in [-0.2, 0) is 52.7 Å². The van der Waals surface area contributed by atoms with Gasteiger partial charge in [-0.05, 0) is 106 Å². The van der Waals surface area contributed by atoms with Crippen molar-refractivity contribution < 1.29 is 52.7 Å². The molecule has 0 bridgehead atoms. The van der Waals surface area contributed by atoms with Crippen molar-refractivity contribution in [2.75, 3.05) is 0 Å². The first-order chi connectivity index (χ1) is 20.6. The number of hydrogen-bond acceptors (Lipinski definition) is 0. The monoisotopic (exact) mass is 816 g/mol. The molecule has 0 unspecified atom stereocenters. The molecule has 2 aromatic heterocycles. The summed E-state index contributed by atoms with van der Waals surface area (Å²) in [5.41, 5.74) is 1.39. The number of fused-ring (bicyclic) bond motifs is 1. The summed E-state index contributed by atoms with van der Waals surface area (Å²) < 4.78 is 30.0. The molecule has 0 aliphatic heterocycles. The summed E-state index contributed by atoms with van der Waals surface area (Å²) in [5, 5.41) is 0. The van der Waals surface area contributed by atoms with Gasteiger partial charge in [-0.1, -0.05) is 140 Å². The Kier molecular flexibility index (Phi) is 29.0. The van der Waals surface area contributed by atoms with Crippen LogP contribution in [0.3, 0.4) is 0 Å². The Morgan fingerprint density at radius 2 is 0.479 bits per heavy atom. The molecule has 0 atom stereocenters. The van der Waals surface area contributed by atoms with Crippen molar-refractivity contribution in [2.45, 2.75) is 125 Å². The van der Waals surface area contributed by atoms with Gasteiger partial charge in [-0.15, -0.1) is 0 Å². The largest absolute Gasteiger partial charge is 0.0734 e. The average Bonchev–Trinajstić information content (AvgIpc) is 3.67. The fraction of sp³-hybridized carbons (Fsp3) is 0.632. The average molecular weight is 816 g/mol.